The molecule has 4 aliphatic rings. The van der Waals surface area contributed by atoms with Crippen molar-refractivity contribution >= 4 is 45.0 Å². The number of alkyl halides is 1. The fourth-order valence-electron chi connectivity index (χ4n) is 4.54. The highest BCUT2D eigenvalue weighted by atomic mass is 35.5. The van der Waals surface area contributed by atoms with Crippen molar-refractivity contribution < 1.29 is 12.8 Å². The summed E-state index contributed by atoms with van der Waals surface area (Å²) in [4.78, 5) is 19.8. The number of allylic oxidation sites excluding steroid dienone is 4. The van der Waals surface area contributed by atoms with E-state index in [0.29, 0.717) is 22.5 Å². The first-order valence-corrected chi connectivity index (χ1v) is 13.2. The fourth-order valence-corrected chi connectivity index (χ4v) is 5.84. The van der Waals surface area contributed by atoms with Crippen LogP contribution in [0.4, 0.5) is 4.39 Å². The minimum atomic E-state index is -4.06. The number of aromatic amines is 1. The van der Waals surface area contributed by atoms with E-state index in [0.717, 1.165) is 17.7 Å². The Morgan fingerprint density at radius 3 is 2.53 bits per heavy atom. The van der Waals surface area contributed by atoms with Crippen molar-refractivity contribution in [1.29, 1.82) is 0 Å². The van der Waals surface area contributed by atoms with Gasteiger partial charge in [-0.1, -0.05) is 11.6 Å². The molecule has 2 N–H and O–H groups in total. The van der Waals surface area contributed by atoms with Crippen LogP contribution in [0.1, 0.15) is 5.69 Å². The van der Waals surface area contributed by atoms with E-state index < -0.39 is 26.1 Å². The molecule has 4 aliphatic heterocycles. The number of nitrogens with one attached hydrogen (secondary N) is 2. The Bertz CT molecular complexity index is 1780. The van der Waals surface area contributed by atoms with Gasteiger partial charge in [0.1, 0.15) is 21.9 Å². The lowest BCUT2D eigenvalue weighted by Crippen LogP contribution is -2.38. The van der Waals surface area contributed by atoms with Gasteiger partial charge in [-0.2, -0.15) is 0 Å². The van der Waals surface area contributed by atoms with Crippen LogP contribution in [0.25, 0.3) is 12.2 Å². The molecule has 8 nitrogen and oxygen atoms in total. The molecule has 6 heterocycles. The van der Waals surface area contributed by atoms with Crippen molar-refractivity contribution in [2.45, 2.75) is 11.3 Å². The van der Waals surface area contributed by atoms with Crippen molar-refractivity contribution in [3.8, 4) is 0 Å². The third-order valence-corrected chi connectivity index (χ3v) is 7.46. The van der Waals surface area contributed by atoms with Crippen molar-refractivity contribution in [3.63, 3.8) is 0 Å². The lowest BCUT2D eigenvalue weighted by molar-refractivity contribution is 0.306. The summed E-state index contributed by atoms with van der Waals surface area (Å²) < 4.78 is 42.2. The second-order valence-corrected chi connectivity index (χ2v) is 11.0. The Kier molecular flexibility index (Phi) is 4.89. The summed E-state index contributed by atoms with van der Waals surface area (Å²) >= 11 is 6.15. The molecule has 2 atom stereocenters. The van der Waals surface area contributed by atoms with E-state index in [9.17, 15) is 8.42 Å². The molecule has 36 heavy (non-hydrogen) atoms. The monoisotopic (exact) mass is 520 g/mol. The van der Waals surface area contributed by atoms with Crippen LogP contribution in [-0.2, 0) is 15.4 Å². The number of sulfone groups is 1. The number of hydrogen-bond acceptors (Lipinski definition) is 7. The van der Waals surface area contributed by atoms with Gasteiger partial charge < -0.3 is 10.3 Å². The van der Waals surface area contributed by atoms with Crippen molar-refractivity contribution in [2.24, 2.45) is 9.98 Å². The summed E-state index contributed by atoms with van der Waals surface area (Å²) in [5, 5.41) is 4.85. The van der Waals surface area contributed by atoms with Crippen LogP contribution in [0.3, 0.4) is 0 Å². The smallest absolute Gasteiger partial charge is 0.258 e. The Morgan fingerprint density at radius 2 is 1.78 bits per heavy atom. The highest BCUT2D eigenvalue weighted by molar-refractivity contribution is 7.94. The third-order valence-electron chi connectivity index (χ3n) is 6.01. The highest BCUT2D eigenvalue weighted by Gasteiger charge is 2.45. The molecule has 2 unspecified atom stereocenters. The van der Waals surface area contributed by atoms with E-state index in [1.807, 2.05) is 30.4 Å². The normalized spacial score (nSPS) is 26.2. The third kappa shape index (κ3) is 3.88. The molecule has 0 fully saturated rings. The van der Waals surface area contributed by atoms with Gasteiger partial charge in [-0.25, -0.2) is 32.8 Å². The summed E-state index contributed by atoms with van der Waals surface area (Å²) in [6.07, 6.45) is 17.1. The largest absolute Gasteiger partial charge is 0.367 e. The molecule has 0 saturated heterocycles. The molecule has 6 rings (SSSR count). The van der Waals surface area contributed by atoms with Gasteiger partial charge in [-0.05, 0) is 66.8 Å². The molecule has 2 aromatic rings. The van der Waals surface area contributed by atoms with Crippen LogP contribution >= 0.6 is 11.6 Å². The molecular formula is C25H18ClFN6O2S. The van der Waals surface area contributed by atoms with E-state index in [4.69, 9.17) is 11.6 Å². The number of aromatic nitrogens is 3. The van der Waals surface area contributed by atoms with Crippen LogP contribution < -0.4 is 16.0 Å². The van der Waals surface area contributed by atoms with E-state index in [2.05, 4.69) is 30.3 Å². The van der Waals surface area contributed by atoms with E-state index in [1.165, 1.54) is 18.5 Å². The van der Waals surface area contributed by atoms with Gasteiger partial charge in [0.15, 0.2) is 9.84 Å². The van der Waals surface area contributed by atoms with E-state index in [-0.39, 0.29) is 16.6 Å². The maximum absolute atomic E-state index is 16.3. The first kappa shape index (κ1) is 22.6. The molecule has 0 aliphatic carbocycles. The average Bonchev–Trinajstić information content (AvgIpc) is 3.58. The molecule has 180 valence electrons. The Morgan fingerprint density at radius 1 is 1.00 bits per heavy atom. The van der Waals surface area contributed by atoms with Crippen molar-refractivity contribution in [3.05, 3.63) is 105 Å². The van der Waals surface area contributed by atoms with Crippen molar-refractivity contribution in [1.82, 2.24) is 20.3 Å². The standard InChI is InChI=1S/C25H18ClFN6O2S/c1-36(34,35)23-20-7-8-24(33-20,21-12-22(26)29-14-28-21)13-19-5-4-16(31-19)10-15-2-3-17(30-15)11-18-6-9-25(23,27)32-18/h2-14,30,33H,1H3. The zero-order valence-corrected chi connectivity index (χ0v) is 20.3. The van der Waals surface area contributed by atoms with Gasteiger partial charge in [0.05, 0.1) is 28.5 Å². The van der Waals surface area contributed by atoms with Gasteiger partial charge in [0, 0.05) is 23.0 Å². The summed E-state index contributed by atoms with van der Waals surface area (Å²) in [5.41, 5.74) is 0.899. The number of hydrogen-bond donors (Lipinski definition) is 2. The van der Waals surface area contributed by atoms with Crippen LogP contribution in [0.15, 0.2) is 93.3 Å². The Balaban J connectivity index is 1.65. The van der Waals surface area contributed by atoms with Gasteiger partial charge in [0.25, 0.3) is 5.79 Å². The quantitative estimate of drug-likeness (QED) is 0.464. The van der Waals surface area contributed by atoms with Crippen LogP contribution in [0.2, 0.25) is 5.15 Å². The number of nitrogens with zero attached hydrogens (tertiary/aromatic N) is 4. The van der Waals surface area contributed by atoms with Crippen LogP contribution in [0, 0.1) is 0 Å². The predicted octanol–water partition coefficient (Wildman–Crippen LogP) is 1.92. The molecule has 8 bridgehead atoms. The number of aliphatic imine (C=N–C) groups is 2. The second kappa shape index (κ2) is 7.81. The summed E-state index contributed by atoms with van der Waals surface area (Å²) in [7, 11) is -4.06. The number of halogens is 2. The molecule has 2 aromatic heterocycles. The molecule has 0 spiro atoms. The molecule has 0 amide bonds. The van der Waals surface area contributed by atoms with Gasteiger partial charge in [0.2, 0.25) is 0 Å². The summed E-state index contributed by atoms with van der Waals surface area (Å²) in [6, 6.07) is 5.24. The lowest BCUT2D eigenvalue weighted by atomic mass is 9.95. The average molecular weight is 521 g/mol. The van der Waals surface area contributed by atoms with Crippen LogP contribution in [0.5, 0.6) is 0 Å². The fraction of sp³-hybridized carbons (Fsp3) is 0.120. The van der Waals surface area contributed by atoms with Crippen molar-refractivity contribution in [2.75, 3.05) is 6.26 Å². The zero-order valence-electron chi connectivity index (χ0n) is 18.8. The SMILES string of the molecule is CS(=O)(=O)C1=C2C=CC(c3cc(Cl)ncn3)(C=C3C=CC(=N3)C=c3ccc([nH]3)=CC3=NC1(F)C=C3)N2. The molecular weight excluding hydrogens is 503 g/mol. The maximum Gasteiger partial charge on any atom is 0.258 e. The first-order valence-electron chi connectivity index (χ1n) is 10.9. The Labute approximate surface area is 210 Å². The lowest BCUT2D eigenvalue weighted by Gasteiger charge is -2.27. The van der Waals surface area contributed by atoms with E-state index >= 15 is 4.39 Å². The van der Waals surface area contributed by atoms with Gasteiger partial charge in [-0.15, -0.1) is 0 Å². The number of rotatable bonds is 2. The summed E-state index contributed by atoms with van der Waals surface area (Å²) in [5.74, 6) is -2.60. The van der Waals surface area contributed by atoms with Crippen LogP contribution in [-0.4, -0.2) is 46.8 Å². The molecule has 0 saturated carbocycles. The van der Waals surface area contributed by atoms with Gasteiger partial charge >= 0.3 is 0 Å². The Hall–Kier alpha value is -3.89. The molecule has 11 heteroatoms. The van der Waals surface area contributed by atoms with Gasteiger partial charge in [-0.3, -0.25) is 0 Å². The zero-order chi connectivity index (χ0) is 25.1. The van der Waals surface area contributed by atoms with E-state index in [1.54, 1.807) is 24.3 Å². The highest BCUT2D eigenvalue weighted by Crippen LogP contribution is 2.40. The maximum atomic E-state index is 16.3. The molecule has 0 radical (unpaired) electrons. The predicted molar refractivity (Wildman–Crippen MR) is 137 cm³/mol. The number of fused-ring (bicyclic) bond motifs is 6. The topological polar surface area (TPSA) is 112 Å². The summed E-state index contributed by atoms with van der Waals surface area (Å²) in [6.45, 7) is 0. The number of H-pyrrole nitrogens is 1. The molecule has 0 aromatic carbocycles. The second-order valence-electron chi connectivity index (χ2n) is 8.71. The minimum Gasteiger partial charge on any atom is -0.367 e. The first-order chi connectivity index (χ1) is 17.1. The minimum absolute atomic E-state index is 0.0493.